The largest absolute Gasteiger partial charge is 0.299 e. The number of hydrogen-bond acceptors (Lipinski definition) is 5. The van der Waals surface area contributed by atoms with Crippen molar-refractivity contribution in [2.24, 2.45) is 0 Å². The summed E-state index contributed by atoms with van der Waals surface area (Å²) in [4.78, 5) is 2.26. The second-order valence-corrected chi connectivity index (χ2v) is 10.7. The predicted molar refractivity (Wildman–Crippen MR) is 93.4 cm³/mol. The molecule has 2 aliphatic heterocycles. The van der Waals surface area contributed by atoms with Gasteiger partial charge < -0.3 is 0 Å². The molecule has 134 valence electrons. The lowest BCUT2D eigenvalue weighted by Crippen LogP contribution is -2.48. The Morgan fingerprint density at radius 1 is 1.12 bits per heavy atom. The van der Waals surface area contributed by atoms with E-state index in [1.165, 1.54) is 6.07 Å². The third-order valence-electron chi connectivity index (χ3n) is 4.70. The number of halogens is 1. The van der Waals surface area contributed by atoms with E-state index in [0.717, 1.165) is 0 Å². The molecule has 1 aromatic carbocycles. The first kappa shape index (κ1) is 18.1. The standard InChI is InChI=1S/C15H21ClN2O4S2/c16-14-3-1-2-4-15(14)24(21,22)17-12-5-8-18(9-6-12)13-7-10-23(19,20)11-13/h1-4,12-13,17H,5-11H2. The highest BCUT2D eigenvalue weighted by atomic mass is 35.5. The molecule has 0 radical (unpaired) electrons. The van der Waals surface area contributed by atoms with Gasteiger partial charge in [0, 0.05) is 12.1 Å². The van der Waals surface area contributed by atoms with Gasteiger partial charge in [-0.15, -0.1) is 0 Å². The van der Waals surface area contributed by atoms with Crippen molar-refractivity contribution < 1.29 is 16.8 Å². The number of sulfonamides is 1. The summed E-state index contributed by atoms with van der Waals surface area (Å²) in [5, 5.41) is 0.207. The lowest BCUT2D eigenvalue weighted by atomic mass is 10.0. The van der Waals surface area contributed by atoms with Gasteiger partial charge in [-0.2, -0.15) is 0 Å². The smallest absolute Gasteiger partial charge is 0.242 e. The molecule has 3 rings (SSSR count). The fourth-order valence-electron chi connectivity index (χ4n) is 3.39. The van der Waals surface area contributed by atoms with Crippen LogP contribution in [0.25, 0.3) is 0 Å². The lowest BCUT2D eigenvalue weighted by Gasteiger charge is -2.35. The van der Waals surface area contributed by atoms with Crippen molar-refractivity contribution in [1.82, 2.24) is 9.62 Å². The summed E-state index contributed by atoms with van der Waals surface area (Å²) in [5.74, 6) is 0.486. The van der Waals surface area contributed by atoms with Crippen LogP contribution in [0.15, 0.2) is 29.2 Å². The summed E-state index contributed by atoms with van der Waals surface area (Å²) in [6.45, 7) is 1.41. The van der Waals surface area contributed by atoms with E-state index in [1.807, 2.05) is 0 Å². The van der Waals surface area contributed by atoms with Crippen molar-refractivity contribution in [2.75, 3.05) is 24.6 Å². The molecule has 0 aromatic heterocycles. The second kappa shape index (κ2) is 6.92. The average molecular weight is 393 g/mol. The number of piperidine rings is 1. The number of nitrogens with zero attached hydrogens (tertiary/aromatic N) is 1. The molecule has 0 aliphatic carbocycles. The summed E-state index contributed by atoms with van der Waals surface area (Å²) in [5.41, 5.74) is 0. The molecule has 0 spiro atoms. The van der Waals surface area contributed by atoms with Crippen LogP contribution in [0.3, 0.4) is 0 Å². The third kappa shape index (κ3) is 4.11. The van der Waals surface area contributed by atoms with Crippen LogP contribution in [0, 0.1) is 0 Å². The van der Waals surface area contributed by atoms with Crippen LogP contribution in [0.5, 0.6) is 0 Å². The molecule has 2 fully saturated rings. The van der Waals surface area contributed by atoms with Crippen molar-refractivity contribution >= 4 is 31.5 Å². The fourth-order valence-corrected chi connectivity index (χ4v) is 6.98. The number of likely N-dealkylation sites (tertiary alicyclic amines) is 1. The van der Waals surface area contributed by atoms with E-state index in [0.29, 0.717) is 32.4 Å². The zero-order valence-corrected chi connectivity index (χ0v) is 15.6. The minimum absolute atomic E-state index is 0.0797. The Balaban J connectivity index is 1.59. The van der Waals surface area contributed by atoms with Gasteiger partial charge in [0.1, 0.15) is 4.90 Å². The van der Waals surface area contributed by atoms with Crippen LogP contribution in [0.1, 0.15) is 19.3 Å². The maximum absolute atomic E-state index is 12.5. The van der Waals surface area contributed by atoms with E-state index in [4.69, 9.17) is 11.6 Å². The van der Waals surface area contributed by atoms with Crippen LogP contribution < -0.4 is 4.72 Å². The molecular formula is C15H21ClN2O4S2. The normalized spacial score (nSPS) is 25.8. The first-order chi connectivity index (χ1) is 11.3. The molecule has 1 atom stereocenters. The molecule has 1 unspecified atom stereocenters. The van der Waals surface area contributed by atoms with Crippen LogP contribution in [-0.4, -0.2) is 58.4 Å². The molecule has 2 aliphatic rings. The maximum atomic E-state index is 12.5. The van der Waals surface area contributed by atoms with Gasteiger partial charge in [-0.25, -0.2) is 21.6 Å². The van der Waals surface area contributed by atoms with Gasteiger partial charge in [0.25, 0.3) is 0 Å². The Hall–Kier alpha value is -0.670. The SMILES string of the molecule is O=S1(=O)CCC(N2CCC(NS(=O)(=O)c3ccccc3Cl)CC2)C1. The molecule has 0 amide bonds. The van der Waals surface area contributed by atoms with Crippen molar-refractivity contribution in [2.45, 2.75) is 36.2 Å². The van der Waals surface area contributed by atoms with Crippen LogP contribution in [-0.2, 0) is 19.9 Å². The summed E-state index contributed by atoms with van der Waals surface area (Å²) >= 11 is 5.98. The number of sulfone groups is 1. The first-order valence-electron chi connectivity index (χ1n) is 7.98. The highest BCUT2D eigenvalue weighted by Crippen LogP contribution is 2.24. The van der Waals surface area contributed by atoms with Gasteiger partial charge in [0.2, 0.25) is 10.0 Å². The summed E-state index contributed by atoms with van der Waals surface area (Å²) in [6.07, 6.45) is 2.01. The van der Waals surface area contributed by atoms with E-state index in [2.05, 4.69) is 9.62 Å². The zero-order chi connectivity index (χ0) is 17.4. The summed E-state index contributed by atoms with van der Waals surface area (Å²) < 4.78 is 50.8. The van der Waals surface area contributed by atoms with Crippen LogP contribution in [0.4, 0.5) is 0 Å². The highest BCUT2D eigenvalue weighted by Gasteiger charge is 2.34. The van der Waals surface area contributed by atoms with Gasteiger partial charge in [0.15, 0.2) is 9.84 Å². The monoisotopic (exact) mass is 392 g/mol. The number of benzene rings is 1. The molecule has 1 aromatic rings. The first-order valence-corrected chi connectivity index (χ1v) is 11.7. The molecule has 2 heterocycles. The van der Waals surface area contributed by atoms with Gasteiger partial charge >= 0.3 is 0 Å². The van der Waals surface area contributed by atoms with Gasteiger partial charge in [-0.1, -0.05) is 23.7 Å². The predicted octanol–water partition coefficient (Wildman–Crippen LogP) is 1.27. The zero-order valence-electron chi connectivity index (χ0n) is 13.2. The number of nitrogens with one attached hydrogen (secondary N) is 1. The molecule has 9 heteroatoms. The van der Waals surface area contributed by atoms with Crippen molar-refractivity contribution in [3.8, 4) is 0 Å². The molecule has 1 N–H and O–H groups in total. The van der Waals surface area contributed by atoms with Crippen LogP contribution >= 0.6 is 11.6 Å². The topological polar surface area (TPSA) is 83.6 Å². The highest BCUT2D eigenvalue weighted by molar-refractivity contribution is 7.91. The minimum atomic E-state index is -3.64. The number of hydrogen-bond donors (Lipinski definition) is 1. The molecule has 2 saturated heterocycles. The van der Waals surface area contributed by atoms with E-state index >= 15 is 0 Å². The third-order valence-corrected chi connectivity index (χ3v) is 8.47. The van der Waals surface area contributed by atoms with E-state index in [1.54, 1.807) is 18.2 Å². The second-order valence-electron chi connectivity index (χ2n) is 6.42. The van der Waals surface area contributed by atoms with E-state index in [9.17, 15) is 16.8 Å². The Bertz CT molecular complexity index is 803. The van der Waals surface area contributed by atoms with Gasteiger partial charge in [-0.3, -0.25) is 4.90 Å². The quantitative estimate of drug-likeness (QED) is 0.834. The van der Waals surface area contributed by atoms with Crippen molar-refractivity contribution in [3.05, 3.63) is 29.3 Å². The number of rotatable bonds is 4. The Kier molecular flexibility index (Phi) is 5.22. The van der Waals surface area contributed by atoms with Crippen molar-refractivity contribution in [1.29, 1.82) is 0 Å². The molecule has 0 bridgehead atoms. The van der Waals surface area contributed by atoms with E-state index < -0.39 is 19.9 Å². The van der Waals surface area contributed by atoms with Gasteiger partial charge in [0.05, 0.1) is 16.5 Å². The molecule has 6 nitrogen and oxygen atoms in total. The molecule has 24 heavy (non-hydrogen) atoms. The molecule has 0 saturated carbocycles. The average Bonchev–Trinajstić information content (AvgIpc) is 2.88. The van der Waals surface area contributed by atoms with Crippen molar-refractivity contribution in [3.63, 3.8) is 0 Å². The summed E-state index contributed by atoms with van der Waals surface area (Å²) in [7, 11) is -6.54. The van der Waals surface area contributed by atoms with Crippen LogP contribution in [0.2, 0.25) is 5.02 Å². The Morgan fingerprint density at radius 2 is 1.79 bits per heavy atom. The lowest BCUT2D eigenvalue weighted by molar-refractivity contribution is 0.161. The summed E-state index contributed by atoms with van der Waals surface area (Å²) in [6, 6.07) is 6.30. The Labute approximate surface area is 148 Å². The van der Waals surface area contributed by atoms with E-state index in [-0.39, 0.29) is 33.5 Å². The minimum Gasteiger partial charge on any atom is -0.299 e. The maximum Gasteiger partial charge on any atom is 0.242 e. The fraction of sp³-hybridized carbons (Fsp3) is 0.600. The molecular weight excluding hydrogens is 372 g/mol. The van der Waals surface area contributed by atoms with Gasteiger partial charge in [-0.05, 0) is 44.5 Å². The Morgan fingerprint density at radius 3 is 2.38 bits per heavy atom.